The second-order valence-corrected chi connectivity index (χ2v) is 4.59. The van der Waals surface area contributed by atoms with Crippen LogP contribution in [0.25, 0.3) is 0 Å². The van der Waals surface area contributed by atoms with E-state index in [1.54, 1.807) is 0 Å². The lowest BCUT2D eigenvalue weighted by atomic mass is 9.77. The summed E-state index contributed by atoms with van der Waals surface area (Å²) in [5, 5.41) is 0. The Morgan fingerprint density at radius 3 is 2.56 bits per heavy atom. The highest BCUT2D eigenvalue weighted by molar-refractivity contribution is 5.77. The molecule has 0 bridgehead atoms. The van der Waals surface area contributed by atoms with Crippen LogP contribution < -0.4 is 5.73 Å². The third-order valence-corrected chi connectivity index (χ3v) is 2.99. The van der Waals surface area contributed by atoms with Crippen LogP contribution in [0, 0.1) is 6.92 Å². The van der Waals surface area contributed by atoms with Crippen molar-refractivity contribution in [3.05, 3.63) is 35.4 Å². The van der Waals surface area contributed by atoms with Crippen molar-refractivity contribution < 1.29 is 9.53 Å². The lowest BCUT2D eigenvalue weighted by Gasteiger charge is -2.30. The highest BCUT2D eigenvalue weighted by atomic mass is 16.5. The molecule has 0 aliphatic heterocycles. The van der Waals surface area contributed by atoms with E-state index in [0.29, 0.717) is 0 Å². The van der Waals surface area contributed by atoms with Crippen LogP contribution in [0.4, 0.5) is 0 Å². The van der Waals surface area contributed by atoms with E-state index in [1.165, 1.54) is 7.11 Å². The largest absolute Gasteiger partial charge is 0.468 e. The zero-order chi connectivity index (χ0) is 12.3. The fraction of sp³-hybridized carbons (Fsp3) is 0.462. The summed E-state index contributed by atoms with van der Waals surface area (Å²) < 4.78 is 4.69. The first kappa shape index (κ1) is 12.7. The van der Waals surface area contributed by atoms with E-state index in [2.05, 4.69) is 4.74 Å². The number of nitrogens with two attached hydrogens (primary N) is 1. The zero-order valence-electron chi connectivity index (χ0n) is 10.3. The lowest BCUT2D eigenvalue weighted by molar-refractivity contribution is -0.143. The van der Waals surface area contributed by atoms with Gasteiger partial charge in [-0.25, -0.2) is 0 Å². The van der Waals surface area contributed by atoms with Crippen molar-refractivity contribution >= 4 is 5.97 Å². The van der Waals surface area contributed by atoms with Gasteiger partial charge in [-0.2, -0.15) is 0 Å². The monoisotopic (exact) mass is 221 g/mol. The van der Waals surface area contributed by atoms with Gasteiger partial charge < -0.3 is 10.5 Å². The molecule has 0 aliphatic rings. The minimum absolute atomic E-state index is 0.383. The van der Waals surface area contributed by atoms with Gasteiger partial charge in [0.15, 0.2) is 0 Å². The van der Waals surface area contributed by atoms with Crippen LogP contribution in [-0.4, -0.2) is 19.1 Å². The number of carbonyl (C=O) groups excluding carboxylic acids is 1. The number of hydrogen-bond acceptors (Lipinski definition) is 3. The number of aryl methyl sites for hydroxylation is 1. The molecule has 0 aliphatic carbocycles. The fourth-order valence-corrected chi connectivity index (χ4v) is 1.65. The average Bonchev–Trinajstić information content (AvgIpc) is 2.27. The van der Waals surface area contributed by atoms with E-state index < -0.39 is 11.5 Å². The number of ether oxygens (including phenoxy) is 1. The van der Waals surface area contributed by atoms with Crippen molar-refractivity contribution in [3.63, 3.8) is 0 Å². The van der Waals surface area contributed by atoms with Crippen LogP contribution in [0.2, 0.25) is 0 Å². The summed E-state index contributed by atoms with van der Waals surface area (Å²) in [6.45, 7) is 5.91. The highest BCUT2D eigenvalue weighted by Gasteiger charge is 2.34. The first-order chi connectivity index (χ1) is 7.39. The van der Waals surface area contributed by atoms with Crippen LogP contribution in [-0.2, 0) is 14.9 Å². The minimum atomic E-state index is -0.653. The maximum absolute atomic E-state index is 11.5. The smallest absolute Gasteiger partial charge is 0.323 e. The summed E-state index contributed by atoms with van der Waals surface area (Å²) in [6.07, 6.45) is 0. The molecule has 1 rings (SSSR count). The van der Waals surface area contributed by atoms with Crippen molar-refractivity contribution in [2.24, 2.45) is 5.73 Å². The van der Waals surface area contributed by atoms with Crippen molar-refractivity contribution in [1.82, 2.24) is 0 Å². The van der Waals surface area contributed by atoms with Crippen molar-refractivity contribution in [2.75, 3.05) is 7.11 Å². The molecule has 0 saturated heterocycles. The molecule has 0 aromatic heterocycles. The minimum Gasteiger partial charge on any atom is -0.468 e. The van der Waals surface area contributed by atoms with E-state index in [9.17, 15) is 4.79 Å². The van der Waals surface area contributed by atoms with Crippen LogP contribution in [0.15, 0.2) is 24.3 Å². The molecule has 2 N–H and O–H groups in total. The summed E-state index contributed by atoms with van der Waals surface area (Å²) in [5.41, 5.74) is 7.68. The third-order valence-electron chi connectivity index (χ3n) is 2.99. The molecule has 0 fully saturated rings. The molecule has 0 amide bonds. The van der Waals surface area contributed by atoms with Gasteiger partial charge >= 0.3 is 5.97 Å². The Kier molecular flexibility index (Phi) is 3.70. The zero-order valence-corrected chi connectivity index (χ0v) is 10.3. The van der Waals surface area contributed by atoms with Crippen LogP contribution in [0.5, 0.6) is 0 Å². The summed E-state index contributed by atoms with van der Waals surface area (Å²) in [6, 6.07) is 7.36. The molecule has 0 saturated carbocycles. The Hall–Kier alpha value is -1.35. The second-order valence-electron chi connectivity index (χ2n) is 4.59. The maximum Gasteiger partial charge on any atom is 0.323 e. The normalized spacial score (nSPS) is 13.3. The van der Waals surface area contributed by atoms with Gasteiger partial charge in [-0.05, 0) is 12.5 Å². The standard InChI is InChI=1S/C13H19NO2/c1-9-6-5-7-10(8-9)13(2,3)11(14)12(15)16-4/h5-8,11H,14H2,1-4H3. The topological polar surface area (TPSA) is 52.3 Å². The van der Waals surface area contributed by atoms with Crippen LogP contribution in [0.3, 0.4) is 0 Å². The molecule has 88 valence electrons. The highest BCUT2D eigenvalue weighted by Crippen LogP contribution is 2.27. The number of hydrogen-bond donors (Lipinski definition) is 1. The van der Waals surface area contributed by atoms with Crippen LogP contribution >= 0.6 is 0 Å². The number of esters is 1. The molecule has 16 heavy (non-hydrogen) atoms. The van der Waals surface area contributed by atoms with E-state index in [1.807, 2.05) is 45.0 Å². The van der Waals surface area contributed by atoms with E-state index in [-0.39, 0.29) is 5.97 Å². The quantitative estimate of drug-likeness (QED) is 0.791. The molecular formula is C13H19NO2. The van der Waals surface area contributed by atoms with E-state index in [0.717, 1.165) is 11.1 Å². The molecule has 1 unspecified atom stereocenters. The summed E-state index contributed by atoms with van der Waals surface area (Å²) >= 11 is 0. The fourth-order valence-electron chi connectivity index (χ4n) is 1.65. The van der Waals surface area contributed by atoms with Gasteiger partial charge in [0, 0.05) is 5.41 Å². The summed E-state index contributed by atoms with van der Waals surface area (Å²) in [7, 11) is 1.36. The van der Waals surface area contributed by atoms with E-state index in [4.69, 9.17) is 5.73 Å². The molecule has 0 radical (unpaired) electrons. The van der Waals surface area contributed by atoms with Crippen LogP contribution in [0.1, 0.15) is 25.0 Å². The number of rotatable bonds is 3. The van der Waals surface area contributed by atoms with Gasteiger partial charge in [0.1, 0.15) is 6.04 Å². The van der Waals surface area contributed by atoms with Gasteiger partial charge in [-0.1, -0.05) is 43.7 Å². The summed E-state index contributed by atoms with van der Waals surface area (Å²) in [5.74, 6) is -0.383. The Balaban J connectivity index is 3.05. The predicted octanol–water partition coefficient (Wildman–Crippen LogP) is 1.77. The van der Waals surface area contributed by atoms with Gasteiger partial charge in [0.2, 0.25) is 0 Å². The third kappa shape index (κ3) is 2.42. The van der Waals surface area contributed by atoms with Gasteiger partial charge in [0.05, 0.1) is 7.11 Å². The van der Waals surface area contributed by atoms with Crippen molar-refractivity contribution in [1.29, 1.82) is 0 Å². The van der Waals surface area contributed by atoms with E-state index >= 15 is 0 Å². The predicted molar refractivity (Wildman–Crippen MR) is 64.2 cm³/mol. The number of methoxy groups -OCH3 is 1. The van der Waals surface area contributed by atoms with Gasteiger partial charge in [-0.15, -0.1) is 0 Å². The lowest BCUT2D eigenvalue weighted by Crippen LogP contribution is -2.47. The second kappa shape index (κ2) is 4.66. The number of benzene rings is 1. The van der Waals surface area contributed by atoms with Gasteiger partial charge in [-0.3, -0.25) is 4.79 Å². The number of carbonyl (C=O) groups is 1. The Labute approximate surface area is 96.6 Å². The molecule has 1 aromatic rings. The first-order valence-corrected chi connectivity index (χ1v) is 5.30. The Morgan fingerprint density at radius 1 is 1.44 bits per heavy atom. The summed E-state index contributed by atoms with van der Waals surface area (Å²) in [4.78, 5) is 11.5. The van der Waals surface area contributed by atoms with Crippen molar-refractivity contribution in [3.8, 4) is 0 Å². The molecule has 1 atom stereocenters. The average molecular weight is 221 g/mol. The molecular weight excluding hydrogens is 202 g/mol. The molecule has 3 nitrogen and oxygen atoms in total. The molecule has 0 heterocycles. The molecule has 3 heteroatoms. The van der Waals surface area contributed by atoms with Crippen molar-refractivity contribution in [2.45, 2.75) is 32.2 Å². The molecule has 0 spiro atoms. The first-order valence-electron chi connectivity index (χ1n) is 5.30. The Bertz CT molecular complexity index is 385. The Morgan fingerprint density at radius 2 is 2.06 bits per heavy atom. The van der Waals surface area contributed by atoms with Gasteiger partial charge in [0.25, 0.3) is 0 Å². The SMILES string of the molecule is COC(=O)C(N)C(C)(C)c1cccc(C)c1. The maximum atomic E-state index is 11.5. The molecule has 1 aromatic carbocycles.